The van der Waals surface area contributed by atoms with E-state index in [4.69, 9.17) is 0 Å². The molecule has 0 amide bonds. The molecule has 0 radical (unpaired) electrons. The summed E-state index contributed by atoms with van der Waals surface area (Å²) in [6, 6.07) is 8.28. The Balaban J connectivity index is 2.11. The molecule has 2 aromatic rings. The largest absolute Gasteiger partial charge is 0.371 e. The lowest BCUT2D eigenvalue weighted by atomic mass is 10.2. The molecule has 0 fully saturated rings. The molecule has 0 saturated heterocycles. The fraction of sp³-hybridized carbons (Fsp3) is 0. The van der Waals surface area contributed by atoms with Crippen molar-refractivity contribution in [2.75, 3.05) is 0 Å². The molecule has 0 aliphatic rings. The van der Waals surface area contributed by atoms with Gasteiger partial charge in [0.25, 0.3) is 5.69 Å². The predicted molar refractivity (Wildman–Crippen MR) is 72.5 cm³/mol. The van der Waals surface area contributed by atoms with E-state index in [9.17, 15) is 23.7 Å². The van der Waals surface area contributed by atoms with E-state index in [-0.39, 0.29) is 11.3 Å². The molecule has 0 saturated carbocycles. The van der Waals surface area contributed by atoms with Crippen LogP contribution in [0, 0.1) is 21.7 Å². The number of halogens is 2. The lowest BCUT2D eigenvalue weighted by Gasteiger charge is -2.01. The molecule has 2 aromatic carbocycles. The van der Waals surface area contributed by atoms with Gasteiger partial charge in [-0.2, -0.15) is 0 Å². The standard InChI is InChI=1S/C14H8F2N2O4/c15-11-5-2-6-12(16)13(11)14(19)22-17-8-9-3-1-4-10(7-9)18(20)21/h1-8H/b17-8+. The lowest BCUT2D eigenvalue weighted by Crippen LogP contribution is -2.07. The van der Waals surface area contributed by atoms with Crippen LogP contribution in [0.4, 0.5) is 14.5 Å². The van der Waals surface area contributed by atoms with Crippen molar-refractivity contribution in [1.82, 2.24) is 0 Å². The Bertz CT molecular complexity index is 742. The van der Waals surface area contributed by atoms with Crippen molar-refractivity contribution in [2.24, 2.45) is 5.16 Å². The highest BCUT2D eigenvalue weighted by atomic mass is 19.1. The van der Waals surface area contributed by atoms with Gasteiger partial charge in [0.15, 0.2) is 0 Å². The molecule has 0 N–H and O–H groups in total. The summed E-state index contributed by atoms with van der Waals surface area (Å²) < 4.78 is 26.7. The lowest BCUT2D eigenvalue weighted by molar-refractivity contribution is -0.384. The molecular weight excluding hydrogens is 298 g/mol. The third-order valence-electron chi connectivity index (χ3n) is 2.59. The van der Waals surface area contributed by atoms with Crippen molar-refractivity contribution < 1.29 is 23.3 Å². The first-order valence-electron chi connectivity index (χ1n) is 5.92. The van der Waals surface area contributed by atoms with E-state index < -0.39 is 28.1 Å². The van der Waals surface area contributed by atoms with Gasteiger partial charge in [0, 0.05) is 17.7 Å². The Hall–Kier alpha value is -3.16. The first-order valence-corrected chi connectivity index (χ1v) is 5.92. The minimum atomic E-state index is -1.31. The van der Waals surface area contributed by atoms with Crippen LogP contribution in [0.1, 0.15) is 15.9 Å². The van der Waals surface area contributed by atoms with Gasteiger partial charge in [-0.25, -0.2) is 13.6 Å². The Labute approximate surface area is 122 Å². The molecule has 0 aromatic heterocycles. The highest BCUT2D eigenvalue weighted by molar-refractivity contribution is 5.90. The van der Waals surface area contributed by atoms with Gasteiger partial charge in [-0.05, 0) is 12.1 Å². The van der Waals surface area contributed by atoms with Crippen molar-refractivity contribution in [3.05, 3.63) is 75.3 Å². The smallest absolute Gasteiger partial charge is 0.313 e. The van der Waals surface area contributed by atoms with Crippen molar-refractivity contribution in [3.8, 4) is 0 Å². The molecule has 0 aliphatic carbocycles. The summed E-state index contributed by atoms with van der Waals surface area (Å²) in [5.41, 5.74) is -0.745. The normalized spacial score (nSPS) is 10.6. The van der Waals surface area contributed by atoms with E-state index in [1.165, 1.54) is 24.3 Å². The summed E-state index contributed by atoms with van der Waals surface area (Å²) in [6.07, 6.45) is 1.02. The Morgan fingerprint density at radius 3 is 2.45 bits per heavy atom. The van der Waals surface area contributed by atoms with Gasteiger partial charge in [-0.1, -0.05) is 23.4 Å². The second-order valence-corrected chi connectivity index (χ2v) is 4.06. The summed E-state index contributed by atoms with van der Waals surface area (Å²) >= 11 is 0. The van der Waals surface area contributed by atoms with Crippen LogP contribution in [0.5, 0.6) is 0 Å². The van der Waals surface area contributed by atoms with Gasteiger partial charge in [-0.3, -0.25) is 10.1 Å². The SMILES string of the molecule is O=C(O/N=C/c1cccc([N+](=O)[O-])c1)c1c(F)cccc1F. The molecule has 2 rings (SSSR count). The summed E-state index contributed by atoms with van der Waals surface area (Å²) in [5.74, 6) is -3.46. The average molecular weight is 306 g/mol. The van der Waals surface area contributed by atoms with Gasteiger partial charge < -0.3 is 4.84 Å². The number of hydrogen-bond donors (Lipinski definition) is 0. The van der Waals surface area contributed by atoms with Gasteiger partial charge >= 0.3 is 5.97 Å². The number of benzene rings is 2. The molecular formula is C14H8F2N2O4. The molecule has 112 valence electrons. The number of oxime groups is 1. The number of carbonyl (C=O) groups excluding carboxylic acids is 1. The van der Waals surface area contributed by atoms with E-state index in [0.29, 0.717) is 0 Å². The third-order valence-corrected chi connectivity index (χ3v) is 2.59. The number of carbonyl (C=O) groups is 1. The summed E-state index contributed by atoms with van der Waals surface area (Å²) in [4.78, 5) is 25.9. The quantitative estimate of drug-likeness (QED) is 0.376. The number of nitro benzene ring substituents is 1. The van der Waals surface area contributed by atoms with E-state index in [0.717, 1.165) is 24.4 Å². The Morgan fingerprint density at radius 1 is 1.18 bits per heavy atom. The fourth-order valence-corrected chi connectivity index (χ4v) is 1.59. The molecule has 22 heavy (non-hydrogen) atoms. The molecule has 0 bridgehead atoms. The first kappa shape index (κ1) is 15.2. The van der Waals surface area contributed by atoms with Crippen LogP contribution in [0.15, 0.2) is 47.6 Å². The van der Waals surface area contributed by atoms with Gasteiger partial charge in [0.1, 0.15) is 17.2 Å². The van der Waals surface area contributed by atoms with E-state index >= 15 is 0 Å². The molecule has 0 aliphatic heterocycles. The maximum Gasteiger partial charge on any atom is 0.371 e. The predicted octanol–water partition coefficient (Wildman–Crippen LogP) is 3.06. The van der Waals surface area contributed by atoms with Crippen LogP contribution in [0.2, 0.25) is 0 Å². The van der Waals surface area contributed by atoms with E-state index in [2.05, 4.69) is 9.99 Å². The molecule has 0 spiro atoms. The Morgan fingerprint density at radius 2 is 1.82 bits per heavy atom. The number of non-ortho nitro benzene ring substituents is 1. The van der Waals surface area contributed by atoms with Gasteiger partial charge in [-0.15, -0.1) is 0 Å². The van der Waals surface area contributed by atoms with Crippen LogP contribution >= 0.6 is 0 Å². The fourth-order valence-electron chi connectivity index (χ4n) is 1.59. The number of hydrogen-bond acceptors (Lipinski definition) is 5. The summed E-state index contributed by atoms with van der Waals surface area (Å²) in [7, 11) is 0. The number of nitrogens with zero attached hydrogens (tertiary/aromatic N) is 2. The second-order valence-electron chi connectivity index (χ2n) is 4.06. The van der Waals surface area contributed by atoms with Crippen LogP contribution in [-0.2, 0) is 4.84 Å². The van der Waals surface area contributed by atoms with Crippen LogP contribution in [-0.4, -0.2) is 17.1 Å². The van der Waals surface area contributed by atoms with Crippen molar-refractivity contribution in [1.29, 1.82) is 0 Å². The first-order chi connectivity index (χ1) is 10.5. The van der Waals surface area contributed by atoms with Crippen molar-refractivity contribution in [3.63, 3.8) is 0 Å². The van der Waals surface area contributed by atoms with E-state index in [1.807, 2.05) is 0 Å². The van der Waals surface area contributed by atoms with Crippen molar-refractivity contribution >= 4 is 17.9 Å². The summed E-state index contributed by atoms with van der Waals surface area (Å²) in [5, 5.41) is 13.9. The van der Waals surface area contributed by atoms with Gasteiger partial charge in [0.2, 0.25) is 0 Å². The highest BCUT2D eigenvalue weighted by Gasteiger charge is 2.18. The molecule has 0 heterocycles. The van der Waals surface area contributed by atoms with E-state index in [1.54, 1.807) is 0 Å². The number of rotatable bonds is 4. The summed E-state index contributed by atoms with van der Waals surface area (Å²) in [6.45, 7) is 0. The molecule has 0 atom stereocenters. The zero-order chi connectivity index (χ0) is 16.1. The highest BCUT2D eigenvalue weighted by Crippen LogP contribution is 2.14. The van der Waals surface area contributed by atoms with Crippen molar-refractivity contribution in [2.45, 2.75) is 0 Å². The third kappa shape index (κ3) is 3.48. The zero-order valence-corrected chi connectivity index (χ0v) is 10.9. The average Bonchev–Trinajstić information content (AvgIpc) is 2.47. The topological polar surface area (TPSA) is 81.8 Å². The van der Waals surface area contributed by atoms with Crippen LogP contribution in [0.3, 0.4) is 0 Å². The molecule has 8 heteroatoms. The zero-order valence-electron chi connectivity index (χ0n) is 10.9. The minimum Gasteiger partial charge on any atom is -0.313 e. The van der Waals surface area contributed by atoms with Gasteiger partial charge in [0.05, 0.1) is 11.1 Å². The molecule has 6 nitrogen and oxygen atoms in total. The molecule has 0 unspecified atom stereocenters. The maximum atomic E-state index is 13.3. The monoisotopic (exact) mass is 306 g/mol. The number of nitro groups is 1. The minimum absolute atomic E-state index is 0.171. The van der Waals surface area contributed by atoms with Crippen LogP contribution < -0.4 is 0 Å². The Kier molecular flexibility index (Phi) is 4.52. The maximum absolute atomic E-state index is 13.3. The van der Waals surface area contributed by atoms with Crippen LogP contribution in [0.25, 0.3) is 0 Å². The second kappa shape index (κ2) is 6.53.